The van der Waals surface area contributed by atoms with Gasteiger partial charge in [-0.15, -0.1) is 11.3 Å². The number of methoxy groups -OCH3 is 1. The van der Waals surface area contributed by atoms with Crippen LogP contribution in [0.25, 0.3) is 10.2 Å². The van der Waals surface area contributed by atoms with Crippen LogP contribution in [0.2, 0.25) is 0 Å². The van der Waals surface area contributed by atoms with Crippen molar-refractivity contribution in [3.05, 3.63) is 51.8 Å². The molecule has 1 atom stereocenters. The van der Waals surface area contributed by atoms with E-state index in [1.807, 2.05) is 6.07 Å². The largest absolute Gasteiger partial charge is 0.382 e. The highest BCUT2D eigenvalue weighted by molar-refractivity contribution is 9.11. The molecule has 3 aromatic rings. The summed E-state index contributed by atoms with van der Waals surface area (Å²) in [5.74, 6) is 0.485. The van der Waals surface area contributed by atoms with Crippen molar-refractivity contribution in [3.8, 4) is 0 Å². The van der Waals surface area contributed by atoms with Crippen molar-refractivity contribution in [2.75, 3.05) is 19.0 Å². The van der Waals surface area contributed by atoms with Crippen molar-refractivity contribution in [1.29, 1.82) is 0 Å². The molecule has 22 heavy (non-hydrogen) atoms. The Morgan fingerprint density at radius 2 is 2.09 bits per heavy atom. The summed E-state index contributed by atoms with van der Waals surface area (Å²) in [7, 11) is 1.63. The van der Waals surface area contributed by atoms with Gasteiger partial charge in [0.05, 0.1) is 26.7 Å². The average Bonchev–Trinajstić information content (AvgIpc) is 2.89. The third-order valence-electron chi connectivity index (χ3n) is 3.20. The van der Waals surface area contributed by atoms with Crippen LogP contribution in [0.4, 0.5) is 10.2 Å². The van der Waals surface area contributed by atoms with Crippen LogP contribution in [0.3, 0.4) is 0 Å². The van der Waals surface area contributed by atoms with Gasteiger partial charge in [0.2, 0.25) is 0 Å². The van der Waals surface area contributed by atoms with Gasteiger partial charge < -0.3 is 10.1 Å². The van der Waals surface area contributed by atoms with Gasteiger partial charge in [0.1, 0.15) is 18.0 Å². The molecule has 0 spiro atoms. The van der Waals surface area contributed by atoms with Crippen LogP contribution in [0.15, 0.2) is 40.4 Å². The molecule has 1 aromatic carbocycles. The summed E-state index contributed by atoms with van der Waals surface area (Å²) in [4.78, 5) is 8.57. The topological polar surface area (TPSA) is 47.0 Å². The second-order valence-electron chi connectivity index (χ2n) is 4.69. The number of halogens is 2. The van der Waals surface area contributed by atoms with Crippen LogP contribution in [0.5, 0.6) is 0 Å². The Balaban J connectivity index is 1.94. The van der Waals surface area contributed by atoms with Crippen LogP contribution in [0.1, 0.15) is 11.6 Å². The third-order valence-corrected chi connectivity index (χ3v) is 4.83. The molecule has 0 aliphatic rings. The number of hydrogen-bond acceptors (Lipinski definition) is 5. The summed E-state index contributed by atoms with van der Waals surface area (Å²) >= 11 is 5.03. The summed E-state index contributed by atoms with van der Waals surface area (Å²) in [6.45, 7) is 0.448. The van der Waals surface area contributed by atoms with Gasteiger partial charge in [-0.2, -0.15) is 0 Å². The van der Waals surface area contributed by atoms with Crippen LogP contribution in [0, 0.1) is 5.82 Å². The van der Waals surface area contributed by atoms with Gasteiger partial charge >= 0.3 is 0 Å². The highest BCUT2D eigenvalue weighted by Gasteiger charge is 2.15. The summed E-state index contributed by atoms with van der Waals surface area (Å²) < 4.78 is 20.3. The minimum absolute atomic E-state index is 0.121. The Hall–Kier alpha value is -1.57. The zero-order valence-corrected chi connectivity index (χ0v) is 14.1. The molecule has 1 N–H and O–H groups in total. The van der Waals surface area contributed by atoms with Gasteiger partial charge in [0.25, 0.3) is 0 Å². The molecule has 114 valence electrons. The monoisotopic (exact) mass is 381 g/mol. The quantitative estimate of drug-likeness (QED) is 0.711. The van der Waals surface area contributed by atoms with E-state index in [-0.39, 0.29) is 11.9 Å². The molecule has 2 aromatic heterocycles. The Kier molecular flexibility index (Phi) is 4.66. The Bertz CT molecular complexity index is 778. The summed E-state index contributed by atoms with van der Waals surface area (Å²) in [5, 5.41) is 3.36. The molecule has 4 nitrogen and oxygen atoms in total. The second-order valence-corrected chi connectivity index (χ2v) is 7.12. The molecule has 0 bridgehead atoms. The predicted molar refractivity (Wildman–Crippen MR) is 89.8 cm³/mol. The summed E-state index contributed by atoms with van der Waals surface area (Å²) in [6, 6.07) is 8.21. The SMILES string of the molecule is COCC(Nc1ncnc2cc(Br)sc12)c1ccc(F)cc1. The fourth-order valence-electron chi connectivity index (χ4n) is 2.18. The van der Waals surface area contributed by atoms with Crippen molar-refractivity contribution < 1.29 is 9.13 Å². The van der Waals surface area contributed by atoms with Crippen LogP contribution in [-0.4, -0.2) is 23.7 Å². The van der Waals surface area contributed by atoms with Crippen molar-refractivity contribution in [1.82, 2.24) is 9.97 Å². The lowest BCUT2D eigenvalue weighted by Gasteiger charge is -2.19. The number of aromatic nitrogens is 2. The number of rotatable bonds is 5. The Morgan fingerprint density at radius 1 is 1.32 bits per heavy atom. The first-order chi connectivity index (χ1) is 10.7. The van der Waals surface area contributed by atoms with E-state index in [9.17, 15) is 4.39 Å². The van der Waals surface area contributed by atoms with E-state index >= 15 is 0 Å². The van der Waals surface area contributed by atoms with Crippen molar-refractivity contribution in [2.24, 2.45) is 0 Å². The fraction of sp³-hybridized carbons (Fsp3) is 0.200. The number of hydrogen-bond donors (Lipinski definition) is 1. The van der Waals surface area contributed by atoms with E-state index in [0.717, 1.165) is 25.4 Å². The maximum absolute atomic E-state index is 13.1. The van der Waals surface area contributed by atoms with Crippen LogP contribution >= 0.6 is 27.3 Å². The standard InChI is InChI=1S/C15H13BrFN3OS/c1-21-7-12(9-2-4-10(17)5-3-9)20-15-14-11(18-8-19-15)6-13(16)22-14/h2-6,8,12H,7H2,1H3,(H,18,19,20). The maximum Gasteiger partial charge on any atom is 0.148 e. The molecule has 0 aliphatic carbocycles. The fourth-order valence-corrected chi connectivity index (χ4v) is 3.67. The normalized spacial score (nSPS) is 12.5. The average molecular weight is 382 g/mol. The van der Waals surface area contributed by atoms with Crippen molar-refractivity contribution in [2.45, 2.75) is 6.04 Å². The van der Waals surface area contributed by atoms with Gasteiger partial charge in [-0.1, -0.05) is 12.1 Å². The van der Waals surface area contributed by atoms with E-state index in [1.54, 1.807) is 30.6 Å². The van der Waals surface area contributed by atoms with E-state index in [1.165, 1.54) is 18.5 Å². The smallest absolute Gasteiger partial charge is 0.148 e. The van der Waals surface area contributed by atoms with Gasteiger partial charge in [0, 0.05) is 7.11 Å². The number of ether oxygens (including phenoxy) is 1. The highest BCUT2D eigenvalue weighted by atomic mass is 79.9. The van der Waals surface area contributed by atoms with Gasteiger partial charge in [-0.3, -0.25) is 0 Å². The van der Waals surface area contributed by atoms with E-state index in [0.29, 0.717) is 6.61 Å². The number of thiophene rings is 1. The number of nitrogens with one attached hydrogen (secondary N) is 1. The lowest BCUT2D eigenvalue weighted by atomic mass is 10.1. The number of nitrogens with zero attached hydrogens (tertiary/aromatic N) is 2. The third kappa shape index (κ3) is 3.26. The zero-order valence-electron chi connectivity index (χ0n) is 11.7. The highest BCUT2D eigenvalue weighted by Crippen LogP contribution is 2.33. The maximum atomic E-state index is 13.1. The first-order valence-electron chi connectivity index (χ1n) is 6.58. The van der Waals surface area contributed by atoms with E-state index in [4.69, 9.17) is 4.74 Å². The van der Waals surface area contributed by atoms with Crippen molar-refractivity contribution in [3.63, 3.8) is 0 Å². The van der Waals surface area contributed by atoms with Gasteiger partial charge in [-0.05, 0) is 39.7 Å². The Morgan fingerprint density at radius 3 is 2.82 bits per heavy atom. The first-order valence-corrected chi connectivity index (χ1v) is 8.19. The molecule has 0 aliphatic heterocycles. The predicted octanol–water partition coefficient (Wildman–Crippen LogP) is 4.39. The first kappa shape index (κ1) is 15.3. The van der Waals surface area contributed by atoms with Crippen LogP contribution in [-0.2, 0) is 4.74 Å². The number of anilines is 1. The zero-order chi connectivity index (χ0) is 15.5. The van der Waals surface area contributed by atoms with Crippen LogP contribution < -0.4 is 5.32 Å². The summed E-state index contributed by atoms with van der Waals surface area (Å²) in [6.07, 6.45) is 1.53. The molecular weight excluding hydrogens is 369 g/mol. The molecule has 3 rings (SSSR count). The molecule has 0 saturated carbocycles. The molecule has 1 unspecified atom stereocenters. The Labute approximate surface area is 139 Å². The number of benzene rings is 1. The molecule has 0 saturated heterocycles. The van der Waals surface area contributed by atoms with E-state index < -0.39 is 0 Å². The molecular formula is C15H13BrFN3OS. The lowest BCUT2D eigenvalue weighted by molar-refractivity contribution is 0.186. The lowest BCUT2D eigenvalue weighted by Crippen LogP contribution is -2.17. The molecule has 0 radical (unpaired) electrons. The molecule has 7 heteroatoms. The minimum Gasteiger partial charge on any atom is -0.382 e. The van der Waals surface area contributed by atoms with E-state index in [2.05, 4.69) is 31.2 Å². The molecule has 2 heterocycles. The van der Waals surface area contributed by atoms with Crippen molar-refractivity contribution >= 4 is 43.3 Å². The molecule has 0 fully saturated rings. The van der Waals surface area contributed by atoms with Gasteiger partial charge in [-0.25, -0.2) is 14.4 Å². The molecule has 0 amide bonds. The number of fused-ring (bicyclic) bond motifs is 1. The second kappa shape index (κ2) is 6.68. The summed E-state index contributed by atoms with van der Waals surface area (Å²) in [5.41, 5.74) is 1.82. The minimum atomic E-state index is -0.258. The van der Waals surface area contributed by atoms with Gasteiger partial charge in [0.15, 0.2) is 0 Å².